The Hall–Kier alpha value is -3.62. The second kappa shape index (κ2) is 7.47. The number of nitrogens with zero attached hydrogens (tertiary/aromatic N) is 2. The van der Waals surface area contributed by atoms with Crippen molar-refractivity contribution in [3.63, 3.8) is 0 Å². The van der Waals surface area contributed by atoms with E-state index in [1.165, 1.54) is 29.2 Å². The molecule has 2 saturated heterocycles. The van der Waals surface area contributed by atoms with Gasteiger partial charge in [-0.1, -0.05) is 0 Å². The molecule has 3 amide bonds. The molecule has 5 rings (SSSR count). The summed E-state index contributed by atoms with van der Waals surface area (Å²) in [5.74, 6) is -1.88. The van der Waals surface area contributed by atoms with E-state index >= 15 is 0 Å². The Bertz CT molecular complexity index is 1150. The first-order valence-corrected chi connectivity index (χ1v) is 10.7. The maximum absolute atomic E-state index is 13.8. The number of rotatable bonds is 4. The molecule has 172 valence electrons. The summed E-state index contributed by atoms with van der Waals surface area (Å²) in [7, 11) is 1.54. The van der Waals surface area contributed by atoms with Gasteiger partial charge in [0.15, 0.2) is 0 Å². The van der Waals surface area contributed by atoms with E-state index in [-0.39, 0.29) is 18.9 Å². The van der Waals surface area contributed by atoms with Crippen LogP contribution in [0.2, 0.25) is 0 Å². The Morgan fingerprint density at radius 2 is 1.94 bits per heavy atom. The van der Waals surface area contributed by atoms with Gasteiger partial charge < -0.3 is 19.1 Å². The number of fused-ring (bicyclic) bond motifs is 5. The molecule has 2 fully saturated rings. The van der Waals surface area contributed by atoms with Crippen LogP contribution in [-0.2, 0) is 14.3 Å². The Labute approximate surface area is 189 Å². The van der Waals surface area contributed by atoms with Crippen LogP contribution in [-0.4, -0.2) is 48.7 Å². The van der Waals surface area contributed by atoms with Crippen LogP contribution in [0.25, 0.3) is 0 Å². The minimum absolute atomic E-state index is 0.136. The molecular weight excluding hydrogens is 431 g/mol. The third kappa shape index (κ3) is 2.84. The number of carbonyl (C=O) groups is 3. The number of hydrogen-bond donors (Lipinski definition) is 0. The van der Waals surface area contributed by atoms with Gasteiger partial charge >= 0.3 is 12.0 Å². The number of esters is 1. The number of ether oxygens (including phenoxy) is 3. The molecular formula is C24H23FN2O6. The summed E-state index contributed by atoms with van der Waals surface area (Å²) in [6, 6.07) is 9.22. The van der Waals surface area contributed by atoms with Crippen molar-refractivity contribution in [3.8, 4) is 11.5 Å². The second-order valence-electron chi connectivity index (χ2n) is 8.47. The largest absolute Gasteiger partial charge is 0.497 e. The molecule has 0 bridgehead atoms. The molecule has 0 N–H and O–H groups in total. The maximum atomic E-state index is 13.8. The highest BCUT2D eigenvalue weighted by Gasteiger charge is 2.72. The highest BCUT2D eigenvalue weighted by Crippen LogP contribution is 2.58. The number of methoxy groups -OCH3 is 1. The minimum atomic E-state index is -1.49. The molecule has 3 aliphatic heterocycles. The Kier molecular flexibility index (Phi) is 4.81. The first-order valence-electron chi connectivity index (χ1n) is 10.7. The number of anilines is 1. The highest BCUT2D eigenvalue weighted by molar-refractivity contribution is 6.24. The van der Waals surface area contributed by atoms with Crippen LogP contribution < -0.4 is 14.4 Å². The lowest BCUT2D eigenvalue weighted by molar-refractivity contribution is -0.154. The smallest absolute Gasteiger partial charge is 0.332 e. The van der Waals surface area contributed by atoms with Gasteiger partial charge in [0.25, 0.3) is 5.91 Å². The van der Waals surface area contributed by atoms with Crippen LogP contribution in [0, 0.1) is 17.7 Å². The zero-order valence-corrected chi connectivity index (χ0v) is 18.4. The minimum Gasteiger partial charge on any atom is -0.497 e. The van der Waals surface area contributed by atoms with E-state index < -0.39 is 47.1 Å². The fourth-order valence-corrected chi connectivity index (χ4v) is 5.41. The lowest BCUT2D eigenvalue weighted by Gasteiger charge is -2.34. The molecule has 2 aromatic rings. The van der Waals surface area contributed by atoms with Gasteiger partial charge in [0.2, 0.25) is 0 Å². The first-order chi connectivity index (χ1) is 15.8. The van der Waals surface area contributed by atoms with E-state index in [9.17, 15) is 18.8 Å². The number of imide groups is 1. The monoisotopic (exact) mass is 454 g/mol. The van der Waals surface area contributed by atoms with Crippen LogP contribution in [0.5, 0.6) is 11.5 Å². The summed E-state index contributed by atoms with van der Waals surface area (Å²) < 4.78 is 30.1. The molecule has 2 aromatic carbocycles. The average Bonchev–Trinajstić information content (AvgIpc) is 3.19. The molecule has 9 heteroatoms. The van der Waals surface area contributed by atoms with Crippen LogP contribution in [0.4, 0.5) is 14.9 Å². The Balaban J connectivity index is 1.66. The van der Waals surface area contributed by atoms with Crippen molar-refractivity contribution in [2.24, 2.45) is 11.8 Å². The predicted molar refractivity (Wildman–Crippen MR) is 114 cm³/mol. The average molecular weight is 454 g/mol. The standard InChI is InChI=1S/C24H23FN2O6/c1-4-32-21(28)19-17-12-33-18-11-15(31-3)9-10-16(18)20(17)27-23(30)26(22(29)24(19,27)2)14-7-5-13(25)6-8-14/h5-11,17,19-20H,4,12H2,1-3H3/t17?,19?,20?,24-/m1/s1. The predicted octanol–water partition coefficient (Wildman–Crippen LogP) is 3.30. The normalized spacial score (nSPS) is 27.6. The van der Waals surface area contributed by atoms with E-state index in [4.69, 9.17) is 14.2 Å². The molecule has 0 aliphatic carbocycles. The highest BCUT2D eigenvalue weighted by atomic mass is 19.1. The molecule has 3 aliphatic rings. The molecule has 0 radical (unpaired) electrons. The van der Waals surface area contributed by atoms with Crippen molar-refractivity contribution in [1.82, 2.24) is 4.90 Å². The van der Waals surface area contributed by atoms with Crippen molar-refractivity contribution in [3.05, 3.63) is 53.8 Å². The first kappa shape index (κ1) is 21.2. The lowest BCUT2D eigenvalue weighted by Crippen LogP contribution is -2.51. The van der Waals surface area contributed by atoms with Crippen molar-refractivity contribution < 1.29 is 33.0 Å². The molecule has 3 unspecified atom stereocenters. The number of benzene rings is 2. The van der Waals surface area contributed by atoms with Crippen LogP contribution in [0.1, 0.15) is 25.5 Å². The van der Waals surface area contributed by atoms with Gasteiger partial charge in [0.05, 0.1) is 38.0 Å². The molecule has 33 heavy (non-hydrogen) atoms. The maximum Gasteiger partial charge on any atom is 0.332 e. The van der Waals surface area contributed by atoms with Gasteiger partial charge in [0.1, 0.15) is 22.9 Å². The van der Waals surface area contributed by atoms with E-state index in [0.717, 1.165) is 4.90 Å². The summed E-state index contributed by atoms with van der Waals surface area (Å²) >= 11 is 0. The van der Waals surface area contributed by atoms with Gasteiger partial charge in [-0.3, -0.25) is 9.59 Å². The van der Waals surface area contributed by atoms with Crippen LogP contribution >= 0.6 is 0 Å². The van der Waals surface area contributed by atoms with E-state index in [2.05, 4.69) is 0 Å². The van der Waals surface area contributed by atoms with Crippen LogP contribution in [0.15, 0.2) is 42.5 Å². The van der Waals surface area contributed by atoms with Crippen molar-refractivity contribution in [2.75, 3.05) is 25.2 Å². The third-order valence-electron chi connectivity index (χ3n) is 6.85. The topological polar surface area (TPSA) is 85.4 Å². The molecule has 0 saturated carbocycles. The fraction of sp³-hybridized carbons (Fsp3) is 0.375. The van der Waals surface area contributed by atoms with Crippen LogP contribution in [0.3, 0.4) is 0 Å². The number of amides is 3. The van der Waals surface area contributed by atoms with Crippen molar-refractivity contribution in [1.29, 1.82) is 0 Å². The molecule has 4 atom stereocenters. The Morgan fingerprint density at radius 1 is 1.21 bits per heavy atom. The number of hydrogen-bond acceptors (Lipinski definition) is 6. The molecule has 0 spiro atoms. The van der Waals surface area contributed by atoms with E-state index in [1.807, 2.05) is 0 Å². The molecule has 0 aromatic heterocycles. The lowest BCUT2D eigenvalue weighted by atomic mass is 9.77. The summed E-state index contributed by atoms with van der Waals surface area (Å²) in [6.45, 7) is 3.56. The van der Waals surface area contributed by atoms with Gasteiger partial charge in [0, 0.05) is 17.5 Å². The summed E-state index contributed by atoms with van der Waals surface area (Å²) in [5.41, 5.74) is -0.562. The third-order valence-corrected chi connectivity index (χ3v) is 6.85. The molecule has 3 heterocycles. The van der Waals surface area contributed by atoms with E-state index in [0.29, 0.717) is 17.1 Å². The fourth-order valence-electron chi connectivity index (χ4n) is 5.41. The number of urea groups is 1. The van der Waals surface area contributed by atoms with Gasteiger partial charge in [-0.2, -0.15) is 0 Å². The Morgan fingerprint density at radius 3 is 2.61 bits per heavy atom. The van der Waals surface area contributed by atoms with Gasteiger partial charge in [-0.25, -0.2) is 14.1 Å². The molecule has 8 nitrogen and oxygen atoms in total. The van der Waals surface area contributed by atoms with Crippen molar-refractivity contribution in [2.45, 2.75) is 25.4 Å². The summed E-state index contributed by atoms with van der Waals surface area (Å²) in [6.07, 6.45) is 0. The second-order valence-corrected chi connectivity index (χ2v) is 8.47. The van der Waals surface area contributed by atoms with Gasteiger partial charge in [-0.05, 0) is 50.2 Å². The zero-order chi connectivity index (χ0) is 23.5. The SMILES string of the molecule is CCOC(=O)C1C2COc3cc(OC)ccc3C2N2C(=O)N(c3ccc(F)cc3)C(=O)[C@@]12C. The van der Waals surface area contributed by atoms with Crippen molar-refractivity contribution >= 4 is 23.6 Å². The number of carbonyl (C=O) groups excluding carboxylic acids is 3. The zero-order valence-electron chi connectivity index (χ0n) is 18.4. The van der Waals surface area contributed by atoms with Gasteiger partial charge in [-0.15, -0.1) is 0 Å². The quantitative estimate of drug-likeness (QED) is 0.521. The van der Waals surface area contributed by atoms with E-state index in [1.54, 1.807) is 39.2 Å². The number of halogens is 1. The summed E-state index contributed by atoms with van der Waals surface area (Å²) in [5, 5.41) is 0. The summed E-state index contributed by atoms with van der Waals surface area (Å²) in [4.78, 5) is 43.1.